The summed E-state index contributed by atoms with van der Waals surface area (Å²) in [5, 5.41) is 4.23. The van der Waals surface area contributed by atoms with E-state index in [1.807, 2.05) is 19.3 Å². The zero-order valence-electron chi connectivity index (χ0n) is 19.6. The second kappa shape index (κ2) is 9.19. The molecule has 2 aromatic heterocycles. The van der Waals surface area contributed by atoms with Crippen molar-refractivity contribution < 1.29 is 17.9 Å². The van der Waals surface area contributed by atoms with Crippen LogP contribution in [0.4, 0.5) is 5.82 Å². The highest BCUT2D eigenvalue weighted by molar-refractivity contribution is 7.89. The smallest absolute Gasteiger partial charge is 0.240 e. The topological polar surface area (TPSA) is 126 Å². The molecule has 0 bridgehead atoms. The Hall–Kier alpha value is -3.64. The van der Waals surface area contributed by atoms with Gasteiger partial charge in [-0.3, -0.25) is 9.67 Å². The van der Waals surface area contributed by atoms with E-state index in [-0.39, 0.29) is 17.7 Å². The van der Waals surface area contributed by atoms with Gasteiger partial charge < -0.3 is 19.4 Å². The monoisotopic (exact) mass is 497 g/mol. The van der Waals surface area contributed by atoms with Gasteiger partial charge in [0.15, 0.2) is 11.5 Å². The first-order chi connectivity index (χ1) is 16.9. The van der Waals surface area contributed by atoms with Gasteiger partial charge in [0, 0.05) is 51.1 Å². The number of hydrogen-bond acceptors (Lipinski definition) is 7. The lowest BCUT2D eigenvalue weighted by atomic mass is 10.0. The van der Waals surface area contributed by atoms with Crippen LogP contribution in [0.3, 0.4) is 0 Å². The van der Waals surface area contributed by atoms with Gasteiger partial charge in [-0.15, -0.1) is 0 Å². The zero-order chi connectivity index (χ0) is 24.6. The molecule has 3 aromatic rings. The molecule has 35 heavy (non-hydrogen) atoms. The van der Waals surface area contributed by atoms with Crippen molar-refractivity contribution in [1.29, 1.82) is 0 Å². The van der Waals surface area contributed by atoms with Crippen molar-refractivity contribution in [3.63, 3.8) is 0 Å². The molecule has 2 aliphatic rings. The molecule has 0 aliphatic carbocycles. The molecule has 2 aliphatic heterocycles. The number of likely N-dealkylation sites (tertiary alicyclic amines) is 1. The van der Waals surface area contributed by atoms with Gasteiger partial charge >= 0.3 is 0 Å². The first-order valence-electron chi connectivity index (χ1n) is 11.2. The van der Waals surface area contributed by atoms with Gasteiger partial charge in [-0.25, -0.2) is 18.1 Å². The molecule has 184 valence electrons. The molecule has 0 atom stereocenters. The lowest BCUT2D eigenvalue weighted by molar-refractivity contribution is 0.174. The van der Waals surface area contributed by atoms with Gasteiger partial charge in [0.2, 0.25) is 16.8 Å². The molecular weight excluding hydrogens is 470 g/mol. The lowest BCUT2D eigenvalue weighted by Gasteiger charge is -2.34. The third kappa shape index (κ3) is 4.54. The van der Waals surface area contributed by atoms with E-state index in [9.17, 15) is 8.42 Å². The summed E-state index contributed by atoms with van der Waals surface area (Å²) in [6.07, 6.45) is 4.98. The molecule has 2 N–H and O–H groups in total. The standard InChI is InChI=1S/C23H27N7O4S/c1-24-22-18(11-19(27-22)15-12-26-29(3)13-15)23(25-2)30-8-6-16(7-9-30)28-35(31,32)17-4-5-20-21(10-17)34-14-33-20/h4-5,10-13,16,27-28H,1,6-9,14H2,2-3H3. The number of sulfonamides is 1. The van der Waals surface area contributed by atoms with Crippen LogP contribution < -0.4 is 14.2 Å². The van der Waals surface area contributed by atoms with Gasteiger partial charge in [-0.05, 0) is 37.8 Å². The number of benzene rings is 1. The van der Waals surface area contributed by atoms with Crippen molar-refractivity contribution in [3.05, 3.63) is 42.2 Å². The summed E-state index contributed by atoms with van der Waals surface area (Å²) in [5.74, 6) is 2.41. The molecule has 1 fully saturated rings. The molecule has 0 radical (unpaired) electrons. The van der Waals surface area contributed by atoms with Crippen LogP contribution >= 0.6 is 0 Å². The summed E-state index contributed by atoms with van der Waals surface area (Å²) in [7, 11) is -0.0750. The average Bonchev–Trinajstić information content (AvgIpc) is 3.59. The molecule has 0 amide bonds. The second-order valence-electron chi connectivity index (χ2n) is 8.45. The number of nitrogens with one attached hydrogen (secondary N) is 2. The number of piperidine rings is 1. The third-order valence-corrected chi connectivity index (χ3v) is 7.71. The number of H-pyrrole nitrogens is 1. The van der Waals surface area contributed by atoms with Crippen LogP contribution in [0, 0.1) is 0 Å². The molecule has 4 heterocycles. The van der Waals surface area contributed by atoms with Crippen molar-refractivity contribution in [2.24, 2.45) is 17.0 Å². The van der Waals surface area contributed by atoms with Gasteiger partial charge in [-0.1, -0.05) is 0 Å². The van der Waals surface area contributed by atoms with Gasteiger partial charge in [0.1, 0.15) is 11.7 Å². The van der Waals surface area contributed by atoms with Crippen molar-refractivity contribution in [3.8, 4) is 22.8 Å². The summed E-state index contributed by atoms with van der Waals surface area (Å²) in [6, 6.07) is 6.46. The fourth-order valence-corrected chi connectivity index (χ4v) is 5.75. The van der Waals surface area contributed by atoms with E-state index in [0.29, 0.717) is 43.2 Å². The normalized spacial score (nSPS) is 16.6. The summed E-state index contributed by atoms with van der Waals surface area (Å²) < 4.78 is 41.0. The molecule has 0 spiro atoms. The molecule has 0 saturated carbocycles. The van der Waals surface area contributed by atoms with Crippen molar-refractivity contribution in [2.45, 2.75) is 23.8 Å². The third-order valence-electron chi connectivity index (χ3n) is 6.19. The highest BCUT2D eigenvalue weighted by Gasteiger charge is 2.29. The number of aliphatic imine (C=N–C) groups is 2. The van der Waals surface area contributed by atoms with Gasteiger partial charge in [0.25, 0.3) is 0 Å². The minimum Gasteiger partial charge on any atom is -0.454 e. The number of hydrogen-bond donors (Lipinski definition) is 2. The number of nitrogens with zero attached hydrogens (tertiary/aromatic N) is 5. The van der Waals surface area contributed by atoms with E-state index < -0.39 is 10.0 Å². The first kappa shape index (κ1) is 23.1. The minimum atomic E-state index is -3.68. The SMILES string of the molecule is C=Nc1[nH]c(-c2cnn(C)c2)cc1C(=NC)N1CCC(NS(=O)(=O)c2ccc3c(c2)OCO3)CC1. The van der Waals surface area contributed by atoms with Crippen LogP contribution in [-0.2, 0) is 17.1 Å². The molecule has 1 aromatic carbocycles. The van der Waals surface area contributed by atoms with E-state index in [0.717, 1.165) is 22.7 Å². The molecule has 5 rings (SSSR count). The minimum absolute atomic E-state index is 0.0972. The molecule has 0 unspecified atom stereocenters. The highest BCUT2D eigenvalue weighted by atomic mass is 32.2. The fraction of sp³-hybridized carbons (Fsp3) is 0.348. The number of amidine groups is 1. The Morgan fingerprint density at radius 1 is 1.23 bits per heavy atom. The van der Waals surface area contributed by atoms with Crippen LogP contribution in [0.15, 0.2) is 51.5 Å². The fourth-order valence-electron chi connectivity index (χ4n) is 4.43. The molecule has 12 heteroatoms. The predicted molar refractivity (Wildman–Crippen MR) is 132 cm³/mol. The maximum Gasteiger partial charge on any atom is 0.240 e. The van der Waals surface area contributed by atoms with Crippen LogP contribution in [0.1, 0.15) is 18.4 Å². The number of ether oxygens (including phenoxy) is 2. The van der Waals surface area contributed by atoms with E-state index in [1.54, 1.807) is 24.0 Å². The van der Waals surface area contributed by atoms with Crippen LogP contribution in [0.2, 0.25) is 0 Å². The number of fused-ring (bicyclic) bond motifs is 1. The Morgan fingerprint density at radius 3 is 2.69 bits per heavy atom. The first-order valence-corrected chi connectivity index (χ1v) is 12.7. The Bertz CT molecular complexity index is 1380. The van der Waals surface area contributed by atoms with Crippen molar-refractivity contribution >= 4 is 28.4 Å². The summed E-state index contributed by atoms with van der Waals surface area (Å²) in [4.78, 5) is 14.3. The molecular formula is C23H27N7O4S. The van der Waals surface area contributed by atoms with Crippen LogP contribution in [-0.4, -0.2) is 73.6 Å². The number of rotatable bonds is 6. The second-order valence-corrected chi connectivity index (χ2v) is 10.2. The summed E-state index contributed by atoms with van der Waals surface area (Å²) in [6.45, 7) is 5.08. The predicted octanol–water partition coefficient (Wildman–Crippen LogP) is 2.30. The zero-order valence-corrected chi connectivity index (χ0v) is 20.4. The van der Waals surface area contributed by atoms with Crippen LogP contribution in [0.25, 0.3) is 11.3 Å². The maximum atomic E-state index is 12.9. The number of aromatic nitrogens is 3. The van der Waals surface area contributed by atoms with Gasteiger partial charge in [-0.2, -0.15) is 5.10 Å². The van der Waals surface area contributed by atoms with E-state index in [1.165, 1.54) is 12.1 Å². The number of aryl methyl sites for hydroxylation is 1. The quantitative estimate of drug-likeness (QED) is 0.398. The van der Waals surface area contributed by atoms with E-state index in [4.69, 9.17) is 9.47 Å². The van der Waals surface area contributed by atoms with E-state index in [2.05, 4.69) is 36.4 Å². The summed E-state index contributed by atoms with van der Waals surface area (Å²) in [5.41, 5.74) is 2.67. The largest absolute Gasteiger partial charge is 0.454 e. The van der Waals surface area contributed by atoms with Crippen LogP contribution in [0.5, 0.6) is 11.5 Å². The molecule has 11 nitrogen and oxygen atoms in total. The van der Waals surface area contributed by atoms with Gasteiger partial charge in [0.05, 0.1) is 22.3 Å². The van der Waals surface area contributed by atoms with E-state index >= 15 is 0 Å². The Morgan fingerprint density at radius 2 is 2.00 bits per heavy atom. The van der Waals surface area contributed by atoms with Crippen molar-refractivity contribution in [2.75, 3.05) is 26.9 Å². The lowest BCUT2D eigenvalue weighted by Crippen LogP contribution is -2.46. The Kier molecular flexibility index (Phi) is 6.07. The number of aromatic amines is 1. The Balaban J connectivity index is 1.27. The average molecular weight is 498 g/mol. The maximum absolute atomic E-state index is 12.9. The Labute approximate surface area is 203 Å². The molecule has 1 saturated heterocycles. The van der Waals surface area contributed by atoms with Crippen molar-refractivity contribution in [1.82, 2.24) is 24.4 Å². The highest BCUT2D eigenvalue weighted by Crippen LogP contribution is 2.34. The summed E-state index contributed by atoms with van der Waals surface area (Å²) >= 11 is 0.